The number of rotatable bonds is 7. The zero-order valence-corrected chi connectivity index (χ0v) is 13.5. The Labute approximate surface area is 140 Å². The Balaban J connectivity index is 1.65. The molecule has 0 heterocycles. The van der Waals surface area contributed by atoms with Crippen molar-refractivity contribution >= 4 is 6.03 Å². The van der Waals surface area contributed by atoms with Crippen molar-refractivity contribution in [1.82, 2.24) is 10.6 Å². The summed E-state index contributed by atoms with van der Waals surface area (Å²) in [7, 11) is 0. The van der Waals surface area contributed by atoms with Crippen molar-refractivity contribution < 1.29 is 19.0 Å². The number of urea groups is 1. The minimum Gasteiger partial charge on any atom is -0.491 e. The fraction of sp³-hybridized carbons (Fsp3) is 0.278. The lowest BCUT2D eigenvalue weighted by Crippen LogP contribution is -2.41. The lowest BCUT2D eigenvalue weighted by Gasteiger charge is -2.14. The van der Waals surface area contributed by atoms with Gasteiger partial charge in [0, 0.05) is 13.1 Å². The molecule has 2 amide bonds. The van der Waals surface area contributed by atoms with Gasteiger partial charge in [-0.2, -0.15) is 0 Å². The second-order valence-corrected chi connectivity index (χ2v) is 5.47. The van der Waals surface area contributed by atoms with Crippen molar-refractivity contribution in [2.24, 2.45) is 0 Å². The topological polar surface area (TPSA) is 70.6 Å². The molecule has 128 valence electrons. The normalized spacial score (nSPS) is 11.6. The summed E-state index contributed by atoms with van der Waals surface area (Å²) in [5.74, 6) is 0.322. The van der Waals surface area contributed by atoms with E-state index in [1.807, 2.05) is 25.1 Å². The number of nitrogens with one attached hydrogen (secondary N) is 2. The molecular weight excluding hydrogens is 311 g/mol. The predicted octanol–water partition coefficient (Wildman–Crippen LogP) is 2.37. The molecule has 0 aliphatic carbocycles. The zero-order chi connectivity index (χ0) is 17.4. The van der Waals surface area contributed by atoms with Crippen LogP contribution in [0.4, 0.5) is 9.18 Å². The molecule has 2 aromatic carbocycles. The number of hydrogen-bond donors (Lipinski definition) is 3. The van der Waals surface area contributed by atoms with E-state index in [1.165, 1.54) is 12.1 Å². The number of aliphatic hydroxyl groups is 1. The number of carbonyl (C=O) groups excluding carboxylic acids is 1. The maximum absolute atomic E-state index is 13.0. The molecule has 5 nitrogen and oxygen atoms in total. The highest BCUT2D eigenvalue weighted by Crippen LogP contribution is 2.12. The molecule has 6 heteroatoms. The number of aliphatic hydroxyl groups excluding tert-OH is 1. The number of aryl methyl sites for hydroxylation is 1. The van der Waals surface area contributed by atoms with Gasteiger partial charge in [0.05, 0.1) is 0 Å². The highest BCUT2D eigenvalue weighted by molar-refractivity contribution is 5.73. The first kappa shape index (κ1) is 17.7. The molecule has 3 N–H and O–H groups in total. The van der Waals surface area contributed by atoms with Crippen molar-refractivity contribution in [3.8, 4) is 5.75 Å². The molecule has 0 aliphatic rings. The van der Waals surface area contributed by atoms with E-state index in [9.17, 15) is 14.3 Å². The van der Waals surface area contributed by atoms with Crippen LogP contribution in [-0.2, 0) is 6.54 Å². The Morgan fingerprint density at radius 2 is 2.00 bits per heavy atom. The Bertz CT molecular complexity index is 679. The Kier molecular flexibility index (Phi) is 6.57. The van der Waals surface area contributed by atoms with E-state index in [0.717, 1.165) is 5.56 Å². The highest BCUT2D eigenvalue weighted by atomic mass is 19.1. The Morgan fingerprint density at radius 3 is 2.75 bits per heavy atom. The third-order valence-corrected chi connectivity index (χ3v) is 3.27. The van der Waals surface area contributed by atoms with Crippen molar-refractivity contribution in [2.45, 2.75) is 19.6 Å². The van der Waals surface area contributed by atoms with Crippen LogP contribution in [0.2, 0.25) is 0 Å². The standard InChI is InChI=1S/C18H21FN2O3/c1-13-4-2-7-17(8-13)24-12-16(22)11-21-18(23)20-10-14-5-3-6-15(19)9-14/h2-9,16,22H,10-12H2,1H3,(H2,20,21,23). The van der Waals surface area contributed by atoms with Crippen LogP contribution in [0.15, 0.2) is 48.5 Å². The molecule has 0 aliphatic heterocycles. The van der Waals surface area contributed by atoms with Crippen LogP contribution in [-0.4, -0.2) is 30.4 Å². The molecule has 0 radical (unpaired) electrons. The van der Waals surface area contributed by atoms with E-state index in [2.05, 4.69) is 10.6 Å². The smallest absolute Gasteiger partial charge is 0.315 e. The molecule has 0 spiro atoms. The van der Waals surface area contributed by atoms with Gasteiger partial charge in [0.1, 0.15) is 24.3 Å². The predicted molar refractivity (Wildman–Crippen MR) is 89.3 cm³/mol. The maximum atomic E-state index is 13.0. The molecule has 24 heavy (non-hydrogen) atoms. The molecule has 0 aromatic heterocycles. The minimum absolute atomic E-state index is 0.0563. The Morgan fingerprint density at radius 1 is 1.21 bits per heavy atom. The summed E-state index contributed by atoms with van der Waals surface area (Å²) < 4.78 is 18.5. The third-order valence-electron chi connectivity index (χ3n) is 3.27. The van der Waals surface area contributed by atoms with Gasteiger partial charge in [0.25, 0.3) is 0 Å². The molecular formula is C18H21FN2O3. The third kappa shape index (κ3) is 6.26. The number of ether oxygens (including phenoxy) is 1. The lowest BCUT2D eigenvalue weighted by molar-refractivity contribution is 0.108. The van der Waals surface area contributed by atoms with Gasteiger partial charge in [-0.15, -0.1) is 0 Å². The first-order chi connectivity index (χ1) is 11.5. The highest BCUT2D eigenvalue weighted by Gasteiger charge is 2.08. The first-order valence-corrected chi connectivity index (χ1v) is 7.66. The average Bonchev–Trinajstić information content (AvgIpc) is 2.56. The lowest BCUT2D eigenvalue weighted by atomic mass is 10.2. The van der Waals surface area contributed by atoms with Crippen LogP contribution in [0, 0.1) is 12.7 Å². The van der Waals surface area contributed by atoms with Crippen LogP contribution < -0.4 is 15.4 Å². The van der Waals surface area contributed by atoms with Crippen LogP contribution in [0.3, 0.4) is 0 Å². The van der Waals surface area contributed by atoms with Gasteiger partial charge in [0.2, 0.25) is 0 Å². The molecule has 0 fully saturated rings. The average molecular weight is 332 g/mol. The van der Waals surface area contributed by atoms with E-state index in [0.29, 0.717) is 11.3 Å². The minimum atomic E-state index is -0.828. The summed E-state index contributed by atoms with van der Waals surface area (Å²) >= 11 is 0. The summed E-state index contributed by atoms with van der Waals surface area (Å²) in [6, 6.07) is 13.0. The molecule has 2 aromatic rings. The van der Waals surface area contributed by atoms with Crippen LogP contribution >= 0.6 is 0 Å². The largest absolute Gasteiger partial charge is 0.491 e. The van der Waals surface area contributed by atoms with Gasteiger partial charge in [-0.25, -0.2) is 9.18 Å². The van der Waals surface area contributed by atoms with Crippen molar-refractivity contribution in [2.75, 3.05) is 13.2 Å². The van der Waals surface area contributed by atoms with Crippen molar-refractivity contribution in [3.63, 3.8) is 0 Å². The Hall–Kier alpha value is -2.60. The fourth-order valence-corrected chi connectivity index (χ4v) is 2.06. The number of amides is 2. The quantitative estimate of drug-likeness (QED) is 0.729. The maximum Gasteiger partial charge on any atom is 0.315 e. The summed E-state index contributed by atoms with van der Waals surface area (Å²) in [6.07, 6.45) is -0.828. The summed E-state index contributed by atoms with van der Waals surface area (Å²) in [5.41, 5.74) is 1.73. The van der Waals surface area contributed by atoms with Gasteiger partial charge < -0.3 is 20.5 Å². The second-order valence-electron chi connectivity index (χ2n) is 5.47. The van der Waals surface area contributed by atoms with E-state index < -0.39 is 12.1 Å². The van der Waals surface area contributed by atoms with E-state index in [1.54, 1.807) is 18.2 Å². The van der Waals surface area contributed by atoms with E-state index in [-0.39, 0.29) is 25.5 Å². The number of benzene rings is 2. The van der Waals surface area contributed by atoms with Gasteiger partial charge >= 0.3 is 6.03 Å². The molecule has 1 atom stereocenters. The van der Waals surface area contributed by atoms with Gasteiger partial charge in [-0.1, -0.05) is 24.3 Å². The molecule has 1 unspecified atom stereocenters. The number of halogens is 1. The van der Waals surface area contributed by atoms with Crippen LogP contribution in [0.1, 0.15) is 11.1 Å². The molecule has 0 saturated heterocycles. The molecule has 0 bridgehead atoms. The molecule has 0 saturated carbocycles. The van der Waals surface area contributed by atoms with E-state index >= 15 is 0 Å². The zero-order valence-electron chi connectivity index (χ0n) is 13.5. The van der Waals surface area contributed by atoms with Gasteiger partial charge in [-0.05, 0) is 42.3 Å². The first-order valence-electron chi connectivity index (χ1n) is 7.66. The second kappa shape index (κ2) is 8.88. The number of carbonyl (C=O) groups is 1. The van der Waals surface area contributed by atoms with E-state index in [4.69, 9.17) is 4.74 Å². The fourth-order valence-electron chi connectivity index (χ4n) is 2.06. The van der Waals surface area contributed by atoms with Crippen molar-refractivity contribution in [1.29, 1.82) is 0 Å². The summed E-state index contributed by atoms with van der Waals surface area (Å²) in [5, 5.41) is 15.0. The van der Waals surface area contributed by atoms with Gasteiger partial charge in [-0.3, -0.25) is 0 Å². The SMILES string of the molecule is Cc1cccc(OCC(O)CNC(=O)NCc2cccc(F)c2)c1. The molecule has 2 rings (SSSR count). The summed E-state index contributed by atoms with van der Waals surface area (Å²) in [4.78, 5) is 11.7. The monoisotopic (exact) mass is 332 g/mol. The van der Waals surface area contributed by atoms with Crippen molar-refractivity contribution in [3.05, 3.63) is 65.5 Å². The van der Waals surface area contributed by atoms with Crippen LogP contribution in [0.5, 0.6) is 5.75 Å². The number of hydrogen-bond acceptors (Lipinski definition) is 3. The van der Waals surface area contributed by atoms with Crippen LogP contribution in [0.25, 0.3) is 0 Å². The van der Waals surface area contributed by atoms with Gasteiger partial charge in [0.15, 0.2) is 0 Å². The summed E-state index contributed by atoms with van der Waals surface area (Å²) in [6.45, 7) is 2.29.